The molecule has 5 aromatic carbocycles. The largest absolute Gasteiger partial charge is 0.0892 e. The van der Waals surface area contributed by atoms with Crippen LogP contribution in [-0.2, 0) is 0 Å². The molecule has 0 saturated carbocycles. The molecule has 3 heteroatoms. The second kappa shape index (κ2) is 10.1. The van der Waals surface area contributed by atoms with Gasteiger partial charge < -0.3 is 0 Å². The Kier molecular flexibility index (Phi) is 6.84. The van der Waals surface area contributed by atoms with Crippen LogP contribution in [0.3, 0.4) is 0 Å². The highest BCUT2D eigenvalue weighted by atomic mass is 31.1. The monoisotopic (exact) mass is 478 g/mol. The standard InChI is InChI=1S/C30H28P2Si/c1-31(2)27-20-11-13-23-14-12-22-29(30(23)27)33-28-21-10-9-19-26(28)32(24-15-5-3-6-16-24)25-17-7-4-8-18-25/h3-22H,33H2,1-2H3. The molecular weight excluding hydrogens is 450 g/mol. The molecule has 0 aliphatic rings. The van der Waals surface area contributed by atoms with Gasteiger partial charge in [-0.15, -0.1) is 0 Å². The number of hydrogen-bond donors (Lipinski definition) is 0. The predicted molar refractivity (Wildman–Crippen MR) is 155 cm³/mol. The minimum atomic E-state index is -0.664. The Bertz CT molecular complexity index is 1320. The minimum absolute atomic E-state index is 0.152. The van der Waals surface area contributed by atoms with Crippen molar-refractivity contribution in [3.05, 3.63) is 121 Å². The third-order valence-corrected chi connectivity index (χ3v) is 12.2. The van der Waals surface area contributed by atoms with E-state index in [2.05, 4.69) is 135 Å². The molecule has 5 rings (SSSR count). The van der Waals surface area contributed by atoms with Crippen LogP contribution in [0.15, 0.2) is 121 Å². The highest BCUT2D eigenvalue weighted by Gasteiger charge is 2.20. The summed E-state index contributed by atoms with van der Waals surface area (Å²) in [4.78, 5) is 0. The van der Waals surface area contributed by atoms with Crippen LogP contribution in [0, 0.1) is 0 Å². The van der Waals surface area contributed by atoms with E-state index in [1.54, 1.807) is 10.4 Å². The SMILES string of the molecule is CP(C)c1cccc2cccc([SiH2]c3ccccc3P(c3ccccc3)c3ccccc3)c12. The third-order valence-electron chi connectivity index (χ3n) is 6.09. The van der Waals surface area contributed by atoms with Gasteiger partial charge in [0.05, 0.1) is 9.52 Å². The van der Waals surface area contributed by atoms with Crippen molar-refractivity contribution < 1.29 is 0 Å². The quantitative estimate of drug-likeness (QED) is 0.255. The predicted octanol–water partition coefficient (Wildman–Crippen LogP) is 4.08. The summed E-state index contributed by atoms with van der Waals surface area (Å²) >= 11 is 0. The van der Waals surface area contributed by atoms with Gasteiger partial charge in [-0.2, -0.15) is 0 Å². The van der Waals surface area contributed by atoms with E-state index >= 15 is 0 Å². The third kappa shape index (κ3) is 4.73. The molecule has 0 N–H and O–H groups in total. The first-order chi connectivity index (χ1) is 16.2. The smallest absolute Gasteiger partial charge is 0.0810 e. The van der Waals surface area contributed by atoms with E-state index in [1.807, 2.05) is 0 Å². The average molecular weight is 479 g/mol. The summed E-state index contributed by atoms with van der Waals surface area (Å²) in [7, 11) is -1.40. The summed E-state index contributed by atoms with van der Waals surface area (Å²) in [5, 5.41) is 11.9. The van der Waals surface area contributed by atoms with Crippen LogP contribution in [0.4, 0.5) is 0 Å². The Labute approximate surface area is 202 Å². The molecule has 0 spiro atoms. The van der Waals surface area contributed by atoms with Crippen LogP contribution in [0.5, 0.6) is 0 Å². The number of benzene rings is 5. The van der Waals surface area contributed by atoms with E-state index in [1.165, 1.54) is 32.0 Å². The molecule has 0 aliphatic heterocycles. The maximum atomic E-state index is 2.39. The van der Waals surface area contributed by atoms with E-state index in [-0.39, 0.29) is 7.92 Å². The first kappa shape index (κ1) is 22.2. The summed E-state index contributed by atoms with van der Waals surface area (Å²) in [5.41, 5.74) is 0. The van der Waals surface area contributed by atoms with Crippen LogP contribution in [-0.4, -0.2) is 22.8 Å². The molecule has 33 heavy (non-hydrogen) atoms. The number of rotatable bonds is 6. The Morgan fingerprint density at radius 1 is 0.485 bits per heavy atom. The molecule has 5 aromatic rings. The zero-order chi connectivity index (χ0) is 22.6. The van der Waals surface area contributed by atoms with Crippen molar-refractivity contribution in [2.75, 3.05) is 13.3 Å². The fourth-order valence-corrected chi connectivity index (χ4v) is 10.7. The molecule has 162 valence electrons. The maximum Gasteiger partial charge on any atom is 0.0892 e. The van der Waals surface area contributed by atoms with E-state index in [0.29, 0.717) is 0 Å². The fourth-order valence-electron chi connectivity index (χ4n) is 4.58. The summed E-state index contributed by atoms with van der Waals surface area (Å²) in [6.07, 6.45) is 0. The lowest BCUT2D eigenvalue weighted by Crippen LogP contribution is -2.40. The molecule has 0 fully saturated rings. The van der Waals surface area contributed by atoms with E-state index in [9.17, 15) is 0 Å². The maximum absolute atomic E-state index is 2.39. The second-order valence-electron chi connectivity index (χ2n) is 8.50. The zero-order valence-electron chi connectivity index (χ0n) is 19.1. The van der Waals surface area contributed by atoms with Gasteiger partial charge in [-0.3, -0.25) is 0 Å². The van der Waals surface area contributed by atoms with Crippen molar-refractivity contribution in [2.45, 2.75) is 0 Å². The summed E-state index contributed by atoms with van der Waals surface area (Å²) in [6.45, 7) is 4.75. The topological polar surface area (TPSA) is 0 Å². The Morgan fingerprint density at radius 2 is 1.00 bits per heavy atom. The van der Waals surface area contributed by atoms with Gasteiger partial charge in [0.15, 0.2) is 0 Å². The van der Waals surface area contributed by atoms with E-state index in [4.69, 9.17) is 0 Å². The molecule has 0 aromatic heterocycles. The summed E-state index contributed by atoms with van der Waals surface area (Å²) < 4.78 is 0. The highest BCUT2D eigenvalue weighted by molar-refractivity contribution is 7.80. The van der Waals surface area contributed by atoms with Crippen LogP contribution in [0.2, 0.25) is 0 Å². The van der Waals surface area contributed by atoms with Crippen molar-refractivity contribution in [1.82, 2.24) is 0 Å². The van der Waals surface area contributed by atoms with Gasteiger partial charge in [0.25, 0.3) is 0 Å². The van der Waals surface area contributed by atoms with Crippen molar-refractivity contribution >= 4 is 67.7 Å². The summed E-state index contributed by atoms with van der Waals surface area (Å²) in [5.74, 6) is 0. The molecule has 0 atom stereocenters. The van der Waals surface area contributed by atoms with Crippen LogP contribution < -0.4 is 31.6 Å². The Morgan fingerprint density at radius 3 is 1.64 bits per heavy atom. The lowest BCUT2D eigenvalue weighted by atomic mass is 10.1. The van der Waals surface area contributed by atoms with Gasteiger partial charge in [0.2, 0.25) is 0 Å². The molecule has 0 heterocycles. The Hall–Kier alpha value is -2.56. The van der Waals surface area contributed by atoms with Crippen LogP contribution >= 0.6 is 15.8 Å². The van der Waals surface area contributed by atoms with Crippen molar-refractivity contribution in [1.29, 1.82) is 0 Å². The van der Waals surface area contributed by atoms with Crippen LogP contribution in [0.1, 0.15) is 0 Å². The normalized spacial score (nSPS) is 11.8. The molecule has 0 saturated heterocycles. The Balaban J connectivity index is 1.66. The minimum Gasteiger partial charge on any atom is -0.0810 e. The van der Waals surface area contributed by atoms with E-state index < -0.39 is 17.4 Å². The number of hydrogen-bond acceptors (Lipinski definition) is 0. The molecule has 0 amide bonds. The first-order valence-corrected chi connectivity index (χ1v) is 16.4. The second-order valence-corrected chi connectivity index (χ2v) is 14.8. The fraction of sp³-hybridized carbons (Fsp3) is 0.0667. The number of fused-ring (bicyclic) bond motifs is 1. The summed E-state index contributed by atoms with van der Waals surface area (Å²) in [6, 6.07) is 45.1. The van der Waals surface area contributed by atoms with Crippen molar-refractivity contribution in [3.8, 4) is 0 Å². The van der Waals surface area contributed by atoms with Crippen molar-refractivity contribution in [3.63, 3.8) is 0 Å². The van der Waals surface area contributed by atoms with Gasteiger partial charge in [-0.25, -0.2) is 0 Å². The van der Waals surface area contributed by atoms with Gasteiger partial charge in [-0.05, 0) is 53.2 Å². The van der Waals surface area contributed by atoms with Gasteiger partial charge in [0.1, 0.15) is 0 Å². The van der Waals surface area contributed by atoms with E-state index in [0.717, 1.165) is 0 Å². The van der Waals surface area contributed by atoms with Gasteiger partial charge >= 0.3 is 0 Å². The highest BCUT2D eigenvalue weighted by Crippen LogP contribution is 2.32. The molecule has 0 bridgehead atoms. The molecule has 0 aliphatic carbocycles. The molecule has 0 radical (unpaired) electrons. The van der Waals surface area contributed by atoms with Gasteiger partial charge in [-0.1, -0.05) is 140 Å². The van der Waals surface area contributed by atoms with Gasteiger partial charge in [0, 0.05) is 0 Å². The molecular formula is C30H28P2Si. The van der Waals surface area contributed by atoms with Crippen LogP contribution in [0.25, 0.3) is 10.8 Å². The molecule has 0 unspecified atom stereocenters. The lowest BCUT2D eigenvalue weighted by Gasteiger charge is -2.23. The zero-order valence-corrected chi connectivity index (χ0v) is 22.4. The lowest BCUT2D eigenvalue weighted by molar-refractivity contribution is 1.75. The van der Waals surface area contributed by atoms with Crippen molar-refractivity contribution in [2.24, 2.45) is 0 Å². The first-order valence-electron chi connectivity index (χ1n) is 11.4. The average Bonchev–Trinajstić information content (AvgIpc) is 2.86. The molecule has 0 nitrogen and oxygen atoms in total.